The number of pyridine rings is 1. The van der Waals surface area contributed by atoms with Crippen molar-refractivity contribution in [3.05, 3.63) is 217 Å². The summed E-state index contributed by atoms with van der Waals surface area (Å²) in [7, 11) is 0. The Morgan fingerprint density at radius 2 is 0.900 bits per heavy atom. The molecule has 0 fully saturated rings. The molecule has 8 rings (SSSR count). The molecule has 2 heteroatoms. The Labute approximate surface area is 293 Å². The molecule has 50 heavy (non-hydrogen) atoms. The van der Waals surface area contributed by atoms with Gasteiger partial charge in [-0.05, 0) is 85.6 Å². The fourth-order valence-corrected chi connectivity index (χ4v) is 6.56. The van der Waals surface area contributed by atoms with Crippen LogP contribution >= 0.6 is 0 Å². The average Bonchev–Trinajstić information content (AvgIpc) is 3.20. The van der Waals surface area contributed by atoms with Crippen molar-refractivity contribution in [1.82, 2.24) is 4.98 Å². The van der Waals surface area contributed by atoms with E-state index in [0.29, 0.717) is 5.71 Å². The minimum Gasteiger partial charge on any atom is -0.300 e. The highest BCUT2D eigenvalue weighted by Crippen LogP contribution is 2.36. The highest BCUT2D eigenvalue weighted by atomic mass is 14.7. The number of nitrogens with one attached hydrogen (secondary N) is 1. The molecular weight excluding hydrogens is 605 g/mol. The van der Waals surface area contributed by atoms with Crippen LogP contribution in [0.1, 0.15) is 16.7 Å². The summed E-state index contributed by atoms with van der Waals surface area (Å²) in [5, 5.41) is 11.3. The van der Waals surface area contributed by atoms with E-state index >= 15 is 0 Å². The quantitative estimate of drug-likeness (QED) is 0.165. The lowest BCUT2D eigenvalue weighted by molar-refractivity contribution is 1.32. The molecule has 0 saturated heterocycles. The summed E-state index contributed by atoms with van der Waals surface area (Å²) in [6.45, 7) is 0. The molecule has 0 saturated carbocycles. The first-order chi connectivity index (χ1) is 24.7. The number of fused-ring (bicyclic) bond motifs is 1. The van der Waals surface area contributed by atoms with E-state index in [1.165, 1.54) is 0 Å². The number of hydrogen-bond donors (Lipinski definition) is 1. The predicted octanol–water partition coefficient (Wildman–Crippen LogP) is 12.4. The third-order valence-corrected chi connectivity index (χ3v) is 9.12. The number of benzene rings is 7. The van der Waals surface area contributed by atoms with Crippen LogP contribution in [0.5, 0.6) is 0 Å². The third-order valence-electron chi connectivity index (χ3n) is 9.12. The summed E-state index contributed by atoms with van der Waals surface area (Å²) in [4.78, 5) is 5.08. The zero-order valence-corrected chi connectivity index (χ0v) is 27.5. The van der Waals surface area contributed by atoms with E-state index in [1.807, 2.05) is 54.6 Å². The molecule has 0 radical (unpaired) electrons. The number of hydrogen-bond acceptors (Lipinski definition) is 2. The zero-order chi connectivity index (χ0) is 33.7. The third kappa shape index (κ3) is 6.43. The van der Waals surface area contributed by atoms with Gasteiger partial charge in [-0.25, -0.2) is 4.98 Å². The second-order valence-electron chi connectivity index (χ2n) is 12.4. The Hall–Kier alpha value is -6.64. The predicted molar refractivity (Wildman–Crippen MR) is 210 cm³/mol. The van der Waals surface area contributed by atoms with Gasteiger partial charge in [0.2, 0.25) is 0 Å². The van der Waals surface area contributed by atoms with Crippen LogP contribution in [0.4, 0.5) is 0 Å². The van der Waals surface area contributed by atoms with Crippen molar-refractivity contribution in [1.29, 1.82) is 5.41 Å². The van der Waals surface area contributed by atoms with Gasteiger partial charge < -0.3 is 5.41 Å². The summed E-state index contributed by atoms with van der Waals surface area (Å²) in [6.07, 6.45) is 2.00. The Kier molecular flexibility index (Phi) is 8.49. The molecule has 1 N–H and O–H groups in total. The molecule has 8 aromatic rings. The van der Waals surface area contributed by atoms with E-state index < -0.39 is 0 Å². The first kappa shape index (κ1) is 30.7. The Morgan fingerprint density at radius 3 is 1.52 bits per heavy atom. The van der Waals surface area contributed by atoms with Crippen LogP contribution in [-0.2, 0) is 0 Å². The van der Waals surface area contributed by atoms with Crippen molar-refractivity contribution < 1.29 is 0 Å². The SMILES string of the molecule is N=C(/C=C(/c1ccccc1)c1cccc2ccc(-c3cccc(-c4cc(-c5ccccc5)nc(-c5ccccc5)c4)c3)cc12)c1ccccc1. The number of nitrogens with zero attached hydrogens (tertiary/aromatic N) is 1. The Balaban J connectivity index is 1.24. The lowest BCUT2D eigenvalue weighted by Gasteiger charge is -2.15. The molecule has 1 aromatic heterocycles. The van der Waals surface area contributed by atoms with E-state index in [1.54, 1.807) is 0 Å². The summed E-state index contributed by atoms with van der Waals surface area (Å²) in [6, 6.07) is 67.4. The number of allylic oxidation sites excluding steroid dienone is 1. The van der Waals surface area contributed by atoms with E-state index in [2.05, 4.69) is 146 Å². The van der Waals surface area contributed by atoms with Crippen molar-refractivity contribution in [2.24, 2.45) is 0 Å². The largest absolute Gasteiger partial charge is 0.300 e. The molecule has 0 amide bonds. The van der Waals surface area contributed by atoms with Gasteiger partial charge in [0.15, 0.2) is 0 Å². The van der Waals surface area contributed by atoms with Gasteiger partial charge in [0, 0.05) is 11.1 Å². The highest BCUT2D eigenvalue weighted by molar-refractivity contribution is 6.13. The van der Waals surface area contributed by atoms with Gasteiger partial charge >= 0.3 is 0 Å². The first-order valence-corrected chi connectivity index (χ1v) is 16.9. The molecule has 0 bridgehead atoms. The zero-order valence-electron chi connectivity index (χ0n) is 27.5. The van der Waals surface area contributed by atoms with Crippen LogP contribution in [0.25, 0.3) is 61.1 Å². The lowest BCUT2D eigenvalue weighted by atomic mass is 9.89. The number of rotatable bonds is 8. The fraction of sp³-hybridized carbons (Fsp3) is 0. The molecule has 7 aromatic carbocycles. The topological polar surface area (TPSA) is 36.7 Å². The van der Waals surface area contributed by atoms with Crippen molar-refractivity contribution in [2.45, 2.75) is 0 Å². The minimum atomic E-state index is 0.479. The minimum absolute atomic E-state index is 0.479. The average molecular weight is 639 g/mol. The molecular formula is C48H34N2. The molecule has 0 aliphatic heterocycles. The van der Waals surface area contributed by atoms with Gasteiger partial charge in [0.25, 0.3) is 0 Å². The van der Waals surface area contributed by atoms with Gasteiger partial charge in [-0.15, -0.1) is 0 Å². The van der Waals surface area contributed by atoms with Gasteiger partial charge in [-0.3, -0.25) is 0 Å². The molecule has 236 valence electrons. The van der Waals surface area contributed by atoms with Gasteiger partial charge in [-0.1, -0.05) is 170 Å². The van der Waals surface area contributed by atoms with Crippen LogP contribution in [0, 0.1) is 5.41 Å². The van der Waals surface area contributed by atoms with E-state index in [9.17, 15) is 0 Å². The maximum atomic E-state index is 9.01. The smallest absolute Gasteiger partial charge is 0.0715 e. The summed E-state index contributed by atoms with van der Waals surface area (Å²) in [5.41, 5.74) is 13.2. The maximum absolute atomic E-state index is 9.01. The molecule has 0 spiro atoms. The second-order valence-corrected chi connectivity index (χ2v) is 12.4. The second kappa shape index (κ2) is 13.8. The van der Waals surface area contributed by atoms with E-state index in [4.69, 9.17) is 10.4 Å². The van der Waals surface area contributed by atoms with Crippen LogP contribution in [0.2, 0.25) is 0 Å². The molecule has 1 heterocycles. The van der Waals surface area contributed by atoms with Crippen molar-refractivity contribution in [3.8, 4) is 44.8 Å². The normalized spacial score (nSPS) is 11.4. The van der Waals surface area contributed by atoms with Crippen LogP contribution < -0.4 is 0 Å². The molecule has 0 unspecified atom stereocenters. The van der Waals surface area contributed by atoms with Gasteiger partial charge in [0.05, 0.1) is 17.1 Å². The molecule has 0 aliphatic rings. The van der Waals surface area contributed by atoms with Gasteiger partial charge in [0.1, 0.15) is 0 Å². The van der Waals surface area contributed by atoms with E-state index in [0.717, 1.165) is 77.8 Å². The van der Waals surface area contributed by atoms with Crippen molar-refractivity contribution in [3.63, 3.8) is 0 Å². The summed E-state index contributed by atoms with van der Waals surface area (Å²) < 4.78 is 0. The highest BCUT2D eigenvalue weighted by Gasteiger charge is 2.14. The standard InChI is InChI=1S/C48H34N2/c49-46(36-17-7-2-8-18-36)33-45(34-15-5-1-6-16-34)43-26-14-23-35-27-28-41(30-44(35)43)39-24-13-25-40(29-39)42-31-47(37-19-9-3-10-20-37)50-48(32-42)38-21-11-4-12-22-38/h1-33,49H/b45-33-,49-46?. The molecule has 0 aliphatic carbocycles. The first-order valence-electron chi connectivity index (χ1n) is 16.9. The Bertz CT molecular complexity index is 2410. The summed E-state index contributed by atoms with van der Waals surface area (Å²) in [5.74, 6) is 0. The summed E-state index contributed by atoms with van der Waals surface area (Å²) >= 11 is 0. The van der Waals surface area contributed by atoms with Crippen LogP contribution in [0.3, 0.4) is 0 Å². The Morgan fingerprint density at radius 1 is 0.400 bits per heavy atom. The maximum Gasteiger partial charge on any atom is 0.0715 e. The molecule has 0 atom stereocenters. The lowest BCUT2D eigenvalue weighted by Crippen LogP contribution is -1.98. The van der Waals surface area contributed by atoms with Crippen molar-refractivity contribution in [2.75, 3.05) is 0 Å². The monoisotopic (exact) mass is 638 g/mol. The van der Waals surface area contributed by atoms with Crippen LogP contribution in [-0.4, -0.2) is 10.7 Å². The number of aromatic nitrogens is 1. The fourth-order valence-electron chi connectivity index (χ4n) is 6.56. The van der Waals surface area contributed by atoms with Crippen molar-refractivity contribution >= 4 is 22.1 Å². The van der Waals surface area contributed by atoms with Gasteiger partial charge in [-0.2, -0.15) is 0 Å². The molecule has 2 nitrogen and oxygen atoms in total. The van der Waals surface area contributed by atoms with E-state index in [-0.39, 0.29) is 0 Å². The van der Waals surface area contributed by atoms with Crippen LogP contribution in [0.15, 0.2) is 200 Å².